The number of aryl methyl sites for hydroxylation is 1. The van der Waals surface area contributed by atoms with Crippen LogP contribution in [-0.2, 0) is 17.1 Å². The molecule has 0 unspecified atom stereocenters. The molecule has 0 aliphatic rings. The van der Waals surface area contributed by atoms with Gasteiger partial charge < -0.3 is 0 Å². The molecule has 1 heterocycles. The van der Waals surface area contributed by atoms with Crippen LogP contribution < -0.4 is 4.72 Å². The molecule has 1 aromatic rings. The first-order valence-electron chi connectivity index (χ1n) is 4.22. The van der Waals surface area contributed by atoms with Gasteiger partial charge in [0.25, 0.3) is 10.0 Å². The molecule has 0 amide bonds. The summed E-state index contributed by atoms with van der Waals surface area (Å²) in [5.74, 6) is 0. The Labute approximate surface area is 102 Å². The van der Waals surface area contributed by atoms with E-state index in [1.807, 2.05) is 0 Å². The van der Waals surface area contributed by atoms with Gasteiger partial charge in [-0.15, -0.1) is 0 Å². The molecule has 0 aliphatic heterocycles. The third kappa shape index (κ3) is 3.17. The van der Waals surface area contributed by atoms with Crippen LogP contribution in [0, 0.1) is 0 Å². The summed E-state index contributed by atoms with van der Waals surface area (Å²) in [5, 5.41) is 4.64. The molecule has 0 saturated carbocycles. The lowest BCUT2D eigenvalue weighted by molar-refractivity contribution is 0.563. The molecule has 0 saturated heterocycles. The van der Waals surface area contributed by atoms with E-state index >= 15 is 0 Å². The predicted octanol–water partition coefficient (Wildman–Crippen LogP) is 1.14. The zero-order chi connectivity index (χ0) is 11.5. The second-order valence-corrected chi connectivity index (χ2v) is 5.74. The minimum absolute atomic E-state index is 0.00117. The number of aromatic nitrogens is 2. The molecule has 8 heteroatoms. The van der Waals surface area contributed by atoms with Crippen molar-refractivity contribution >= 4 is 37.6 Å². The van der Waals surface area contributed by atoms with E-state index in [0.29, 0.717) is 13.0 Å². The standard InChI is InChI=1S/C7H11BrClN3O2S/c1-12-7(6(9)5-10-12)15(13,14)11-4-2-3-8/h5,11H,2-4H2,1H3. The lowest BCUT2D eigenvalue weighted by Crippen LogP contribution is -2.27. The Bertz CT molecular complexity index is 412. The van der Waals surface area contributed by atoms with Crippen LogP contribution in [0.25, 0.3) is 0 Å². The first-order chi connectivity index (χ1) is 6.99. The Morgan fingerprint density at radius 3 is 2.80 bits per heavy atom. The van der Waals surface area contributed by atoms with Crippen LogP contribution >= 0.6 is 27.5 Å². The van der Waals surface area contributed by atoms with Crippen LogP contribution in [0.1, 0.15) is 6.42 Å². The minimum atomic E-state index is -3.55. The van der Waals surface area contributed by atoms with Crippen molar-refractivity contribution in [1.29, 1.82) is 0 Å². The summed E-state index contributed by atoms with van der Waals surface area (Å²) < 4.78 is 27.2. The summed E-state index contributed by atoms with van der Waals surface area (Å²) in [6.07, 6.45) is 2.02. The maximum atomic E-state index is 11.7. The summed E-state index contributed by atoms with van der Waals surface area (Å²) in [4.78, 5) is 0. The van der Waals surface area contributed by atoms with Crippen molar-refractivity contribution in [2.45, 2.75) is 11.4 Å². The van der Waals surface area contributed by atoms with Crippen molar-refractivity contribution in [2.24, 2.45) is 7.05 Å². The average molecular weight is 317 g/mol. The number of rotatable bonds is 5. The van der Waals surface area contributed by atoms with Gasteiger partial charge in [0.1, 0.15) is 0 Å². The van der Waals surface area contributed by atoms with E-state index in [1.165, 1.54) is 17.9 Å². The highest BCUT2D eigenvalue weighted by Gasteiger charge is 2.21. The molecular formula is C7H11BrClN3O2S. The Morgan fingerprint density at radius 2 is 2.33 bits per heavy atom. The Morgan fingerprint density at radius 1 is 1.67 bits per heavy atom. The van der Waals surface area contributed by atoms with Crippen LogP contribution in [0.4, 0.5) is 0 Å². The maximum absolute atomic E-state index is 11.7. The van der Waals surface area contributed by atoms with Crippen molar-refractivity contribution in [1.82, 2.24) is 14.5 Å². The number of nitrogens with zero attached hydrogens (tertiary/aromatic N) is 2. The highest BCUT2D eigenvalue weighted by Crippen LogP contribution is 2.19. The normalized spacial score (nSPS) is 11.9. The van der Waals surface area contributed by atoms with Gasteiger partial charge in [0.05, 0.1) is 11.2 Å². The highest BCUT2D eigenvalue weighted by atomic mass is 79.9. The van der Waals surface area contributed by atoms with Gasteiger partial charge in [-0.05, 0) is 6.42 Å². The Kier molecular flexibility index (Phi) is 4.57. The molecule has 0 bridgehead atoms. The number of sulfonamides is 1. The van der Waals surface area contributed by atoms with E-state index in [4.69, 9.17) is 11.6 Å². The van der Waals surface area contributed by atoms with Gasteiger partial charge in [0.15, 0.2) is 5.03 Å². The van der Waals surface area contributed by atoms with Gasteiger partial charge in [-0.1, -0.05) is 27.5 Å². The maximum Gasteiger partial charge on any atom is 0.259 e. The first kappa shape index (κ1) is 13.0. The topological polar surface area (TPSA) is 64.0 Å². The summed E-state index contributed by atoms with van der Waals surface area (Å²) in [6, 6.07) is 0. The summed E-state index contributed by atoms with van der Waals surface area (Å²) in [5.41, 5.74) is 0. The summed E-state index contributed by atoms with van der Waals surface area (Å²) in [6.45, 7) is 0.370. The molecule has 1 rings (SSSR count). The molecule has 0 spiro atoms. The van der Waals surface area contributed by atoms with Crippen molar-refractivity contribution in [2.75, 3.05) is 11.9 Å². The van der Waals surface area contributed by atoms with Crippen molar-refractivity contribution in [3.8, 4) is 0 Å². The molecule has 5 nitrogen and oxygen atoms in total. The van der Waals surface area contributed by atoms with E-state index in [-0.39, 0.29) is 10.0 Å². The fraction of sp³-hybridized carbons (Fsp3) is 0.571. The van der Waals surface area contributed by atoms with Gasteiger partial charge in [-0.3, -0.25) is 4.68 Å². The van der Waals surface area contributed by atoms with Crippen molar-refractivity contribution < 1.29 is 8.42 Å². The fourth-order valence-electron chi connectivity index (χ4n) is 1.04. The van der Waals surface area contributed by atoms with Crippen LogP contribution in [0.2, 0.25) is 5.02 Å². The van der Waals surface area contributed by atoms with Gasteiger partial charge in [-0.25, -0.2) is 13.1 Å². The number of nitrogens with one attached hydrogen (secondary N) is 1. The quantitative estimate of drug-likeness (QED) is 0.654. The monoisotopic (exact) mass is 315 g/mol. The second-order valence-electron chi connectivity index (χ2n) is 2.86. The van der Waals surface area contributed by atoms with Gasteiger partial charge in [0.2, 0.25) is 0 Å². The average Bonchev–Trinajstić information content (AvgIpc) is 2.46. The van der Waals surface area contributed by atoms with Gasteiger partial charge in [-0.2, -0.15) is 5.10 Å². The zero-order valence-corrected chi connectivity index (χ0v) is 11.2. The Balaban J connectivity index is 2.87. The fourth-order valence-corrected chi connectivity index (χ4v) is 3.05. The number of hydrogen-bond acceptors (Lipinski definition) is 3. The zero-order valence-electron chi connectivity index (χ0n) is 8.07. The van der Waals surface area contributed by atoms with E-state index < -0.39 is 10.0 Å². The highest BCUT2D eigenvalue weighted by molar-refractivity contribution is 9.09. The summed E-state index contributed by atoms with van der Waals surface area (Å²) >= 11 is 8.95. The molecule has 0 aliphatic carbocycles. The smallest absolute Gasteiger partial charge is 0.255 e. The van der Waals surface area contributed by atoms with Crippen LogP contribution in [-0.4, -0.2) is 30.1 Å². The third-order valence-corrected chi connectivity index (χ3v) is 4.23. The van der Waals surface area contributed by atoms with Crippen molar-refractivity contribution in [3.05, 3.63) is 11.2 Å². The molecule has 0 radical (unpaired) electrons. The molecule has 0 atom stereocenters. The molecule has 0 aromatic carbocycles. The molecule has 1 aromatic heterocycles. The second kappa shape index (κ2) is 5.29. The third-order valence-electron chi connectivity index (χ3n) is 1.70. The predicted molar refractivity (Wildman–Crippen MR) is 61.8 cm³/mol. The van der Waals surface area contributed by atoms with E-state index in [9.17, 15) is 8.42 Å². The molecule has 15 heavy (non-hydrogen) atoms. The number of halogens is 2. The minimum Gasteiger partial charge on any atom is -0.255 e. The molecular weight excluding hydrogens is 306 g/mol. The van der Waals surface area contributed by atoms with E-state index in [1.54, 1.807) is 0 Å². The van der Waals surface area contributed by atoms with Crippen LogP contribution in [0.5, 0.6) is 0 Å². The first-order valence-corrected chi connectivity index (χ1v) is 7.20. The largest absolute Gasteiger partial charge is 0.259 e. The van der Waals surface area contributed by atoms with Gasteiger partial charge in [0, 0.05) is 18.9 Å². The Hall–Kier alpha value is -0.110. The lowest BCUT2D eigenvalue weighted by Gasteiger charge is -2.06. The van der Waals surface area contributed by atoms with Crippen LogP contribution in [0.15, 0.2) is 11.2 Å². The molecule has 1 N–H and O–H groups in total. The van der Waals surface area contributed by atoms with E-state index in [2.05, 4.69) is 25.8 Å². The van der Waals surface area contributed by atoms with E-state index in [0.717, 1.165) is 5.33 Å². The SMILES string of the molecule is Cn1ncc(Cl)c1S(=O)(=O)NCCCBr. The molecule has 0 fully saturated rings. The molecule has 86 valence electrons. The van der Waals surface area contributed by atoms with Crippen LogP contribution in [0.3, 0.4) is 0 Å². The van der Waals surface area contributed by atoms with Gasteiger partial charge >= 0.3 is 0 Å². The summed E-state index contributed by atoms with van der Waals surface area (Å²) in [7, 11) is -2.02. The lowest BCUT2D eigenvalue weighted by atomic mass is 10.5. The van der Waals surface area contributed by atoms with Crippen molar-refractivity contribution in [3.63, 3.8) is 0 Å². The number of alkyl halides is 1. The number of hydrogen-bond donors (Lipinski definition) is 1.